The van der Waals surface area contributed by atoms with E-state index in [4.69, 9.17) is 0 Å². The highest BCUT2D eigenvalue weighted by Crippen LogP contribution is 2.31. The average molecular weight is 389 g/mol. The fourth-order valence-electron chi connectivity index (χ4n) is 2.96. The second-order valence-corrected chi connectivity index (χ2v) is 8.32. The lowest BCUT2D eigenvalue weighted by molar-refractivity contribution is -0.143. The number of rotatable bonds is 8. The number of hydrogen-bond acceptors (Lipinski definition) is 3. The third kappa shape index (κ3) is 5.39. The van der Waals surface area contributed by atoms with Gasteiger partial charge in [0, 0.05) is 23.4 Å². The summed E-state index contributed by atoms with van der Waals surface area (Å²) in [5.41, 5.74) is 0.867. The van der Waals surface area contributed by atoms with Gasteiger partial charge in [0.2, 0.25) is 11.8 Å². The number of hydrogen-bond donors (Lipinski definition) is 0. The van der Waals surface area contributed by atoms with Gasteiger partial charge >= 0.3 is 0 Å². The van der Waals surface area contributed by atoms with Crippen LogP contribution in [0.2, 0.25) is 0 Å². The van der Waals surface area contributed by atoms with Crippen molar-refractivity contribution in [2.24, 2.45) is 5.92 Å². The highest BCUT2D eigenvalue weighted by molar-refractivity contribution is 7.09. The molecule has 0 bridgehead atoms. The van der Waals surface area contributed by atoms with Crippen molar-refractivity contribution in [2.45, 2.75) is 45.8 Å². The molecule has 1 aromatic heterocycles. The van der Waals surface area contributed by atoms with E-state index in [0.29, 0.717) is 13.1 Å². The van der Waals surface area contributed by atoms with Crippen LogP contribution in [0, 0.1) is 11.7 Å². The Kier molecular flexibility index (Phi) is 6.26. The predicted molar refractivity (Wildman–Crippen MR) is 105 cm³/mol. The van der Waals surface area contributed by atoms with Crippen LogP contribution in [-0.4, -0.2) is 34.2 Å². The molecule has 2 amide bonds. The number of carbonyl (C=O) groups excluding carboxylic acids is 2. The van der Waals surface area contributed by atoms with E-state index in [1.165, 1.54) is 12.1 Å². The second-order valence-electron chi connectivity index (χ2n) is 7.29. The summed E-state index contributed by atoms with van der Waals surface area (Å²) in [5, 5.41) is 1.98. The third-order valence-corrected chi connectivity index (χ3v) is 5.57. The van der Waals surface area contributed by atoms with Crippen LogP contribution >= 0.6 is 11.3 Å². The minimum atomic E-state index is -0.295. The molecular formula is C21H25FN2O2S. The summed E-state index contributed by atoms with van der Waals surface area (Å²) in [6.07, 6.45) is 1.84. The number of benzene rings is 1. The molecule has 1 aromatic carbocycles. The third-order valence-electron chi connectivity index (χ3n) is 4.70. The molecule has 6 heteroatoms. The Labute approximate surface area is 163 Å². The summed E-state index contributed by atoms with van der Waals surface area (Å²) < 4.78 is 13.2. The highest BCUT2D eigenvalue weighted by atomic mass is 32.1. The fraction of sp³-hybridized carbons (Fsp3) is 0.429. The van der Waals surface area contributed by atoms with Gasteiger partial charge in [0.15, 0.2) is 0 Å². The topological polar surface area (TPSA) is 40.6 Å². The molecule has 0 radical (unpaired) electrons. The Hall–Kier alpha value is -2.21. The van der Waals surface area contributed by atoms with Gasteiger partial charge in [0.05, 0.1) is 6.54 Å². The van der Waals surface area contributed by atoms with Crippen LogP contribution in [-0.2, 0) is 22.7 Å². The van der Waals surface area contributed by atoms with Crippen LogP contribution in [0.15, 0.2) is 41.8 Å². The van der Waals surface area contributed by atoms with Gasteiger partial charge in [0.1, 0.15) is 12.4 Å². The first-order chi connectivity index (χ1) is 12.9. The van der Waals surface area contributed by atoms with E-state index in [1.807, 2.05) is 31.4 Å². The van der Waals surface area contributed by atoms with Crippen molar-refractivity contribution in [1.82, 2.24) is 9.80 Å². The van der Waals surface area contributed by atoms with Crippen LogP contribution in [0.25, 0.3) is 0 Å². The maximum absolute atomic E-state index is 13.2. The van der Waals surface area contributed by atoms with Crippen LogP contribution < -0.4 is 0 Å². The van der Waals surface area contributed by atoms with Crippen molar-refractivity contribution >= 4 is 23.2 Å². The smallest absolute Gasteiger partial charge is 0.242 e. The molecule has 3 rings (SSSR count). The monoisotopic (exact) mass is 388 g/mol. The number of thiophene rings is 1. The molecule has 1 heterocycles. The predicted octanol–water partition coefficient (Wildman–Crippen LogP) is 4.06. The Morgan fingerprint density at radius 3 is 2.41 bits per heavy atom. The first-order valence-corrected chi connectivity index (χ1v) is 10.2. The van der Waals surface area contributed by atoms with Crippen molar-refractivity contribution in [3.63, 3.8) is 0 Å². The van der Waals surface area contributed by atoms with Gasteiger partial charge in [-0.25, -0.2) is 4.39 Å². The molecule has 4 nitrogen and oxygen atoms in total. The molecule has 1 fully saturated rings. The average Bonchev–Trinajstić information content (AvgIpc) is 3.37. The molecule has 144 valence electrons. The van der Waals surface area contributed by atoms with Crippen LogP contribution in [0.3, 0.4) is 0 Å². The minimum Gasteiger partial charge on any atom is -0.332 e. The van der Waals surface area contributed by atoms with E-state index in [0.717, 1.165) is 23.3 Å². The summed E-state index contributed by atoms with van der Waals surface area (Å²) >= 11 is 1.59. The van der Waals surface area contributed by atoms with Gasteiger partial charge in [-0.2, -0.15) is 0 Å². The molecule has 0 saturated heterocycles. The second kappa shape index (κ2) is 8.65. The first-order valence-electron chi connectivity index (χ1n) is 9.29. The molecule has 2 aromatic rings. The molecule has 0 spiro atoms. The van der Waals surface area contributed by atoms with Crippen molar-refractivity contribution in [3.8, 4) is 0 Å². The van der Waals surface area contributed by atoms with E-state index in [9.17, 15) is 14.0 Å². The van der Waals surface area contributed by atoms with E-state index < -0.39 is 0 Å². The first kappa shape index (κ1) is 19.5. The molecule has 0 aliphatic heterocycles. The van der Waals surface area contributed by atoms with Crippen LogP contribution in [0.4, 0.5) is 4.39 Å². The van der Waals surface area contributed by atoms with Crippen molar-refractivity contribution in [1.29, 1.82) is 0 Å². The van der Waals surface area contributed by atoms with Gasteiger partial charge in [-0.1, -0.05) is 18.2 Å². The van der Waals surface area contributed by atoms with Crippen molar-refractivity contribution in [3.05, 3.63) is 58.0 Å². The van der Waals surface area contributed by atoms with Crippen molar-refractivity contribution in [2.75, 3.05) is 6.54 Å². The van der Waals surface area contributed by atoms with E-state index in [-0.39, 0.29) is 36.1 Å². The van der Waals surface area contributed by atoms with Crippen LogP contribution in [0.5, 0.6) is 0 Å². The van der Waals surface area contributed by atoms with Crippen molar-refractivity contribution < 1.29 is 14.0 Å². The number of nitrogens with zero attached hydrogens (tertiary/aromatic N) is 2. The van der Waals surface area contributed by atoms with Gasteiger partial charge in [-0.3, -0.25) is 9.59 Å². The molecule has 27 heavy (non-hydrogen) atoms. The van der Waals surface area contributed by atoms with E-state index >= 15 is 0 Å². The maximum atomic E-state index is 13.2. The Morgan fingerprint density at radius 2 is 1.85 bits per heavy atom. The fourth-order valence-corrected chi connectivity index (χ4v) is 3.68. The zero-order valence-electron chi connectivity index (χ0n) is 15.7. The Bertz CT molecular complexity index is 770. The summed E-state index contributed by atoms with van der Waals surface area (Å²) in [6.45, 7) is 4.84. The van der Waals surface area contributed by atoms with Gasteiger partial charge in [-0.15, -0.1) is 11.3 Å². The van der Waals surface area contributed by atoms with Gasteiger partial charge in [0.25, 0.3) is 0 Å². The minimum absolute atomic E-state index is 0.0172. The quantitative estimate of drug-likeness (QED) is 0.684. The Balaban J connectivity index is 1.74. The van der Waals surface area contributed by atoms with Gasteiger partial charge in [-0.05, 0) is 55.8 Å². The summed E-state index contributed by atoms with van der Waals surface area (Å²) in [5.74, 6) is -0.217. The lowest BCUT2D eigenvalue weighted by Crippen LogP contribution is -2.46. The summed E-state index contributed by atoms with van der Waals surface area (Å²) in [6, 6.07) is 10.1. The number of halogens is 1. The zero-order chi connectivity index (χ0) is 19.4. The lowest BCUT2D eigenvalue weighted by atomic mass is 10.2. The molecule has 1 aliphatic carbocycles. The van der Waals surface area contributed by atoms with Crippen LogP contribution in [0.1, 0.15) is 37.1 Å². The normalized spacial score (nSPS) is 13.6. The summed E-state index contributed by atoms with van der Waals surface area (Å²) in [7, 11) is 0. The Morgan fingerprint density at radius 1 is 1.15 bits per heavy atom. The molecule has 1 saturated carbocycles. The molecule has 0 N–H and O–H groups in total. The zero-order valence-corrected chi connectivity index (χ0v) is 16.5. The molecule has 1 aliphatic rings. The maximum Gasteiger partial charge on any atom is 0.242 e. The summed E-state index contributed by atoms with van der Waals surface area (Å²) in [4.78, 5) is 30.1. The lowest BCUT2D eigenvalue weighted by Gasteiger charge is -2.30. The van der Waals surface area contributed by atoms with Gasteiger partial charge < -0.3 is 9.80 Å². The highest BCUT2D eigenvalue weighted by Gasteiger charge is 2.35. The standard InChI is InChI=1S/C21H25FN2O2S/c1-15(2)24(21(26)17-7-8-17)14-20(25)23(13-19-4-3-11-27-19)12-16-5-9-18(22)10-6-16/h3-6,9-11,15,17H,7-8,12-14H2,1-2H3. The molecular weight excluding hydrogens is 363 g/mol. The molecule has 0 unspecified atom stereocenters. The largest absolute Gasteiger partial charge is 0.332 e. The van der Waals surface area contributed by atoms with E-state index in [1.54, 1.807) is 33.3 Å². The molecule has 0 atom stereocenters. The number of carbonyl (C=O) groups is 2. The SMILES string of the molecule is CC(C)N(CC(=O)N(Cc1ccc(F)cc1)Cc1cccs1)C(=O)C1CC1. The number of amides is 2. The van der Waals surface area contributed by atoms with E-state index in [2.05, 4.69) is 0 Å².